The zero-order valence-corrected chi connectivity index (χ0v) is 30.7. The first-order valence-corrected chi connectivity index (χ1v) is 18.6. The number of thioether (sulfide) groups is 1. The van der Waals surface area contributed by atoms with E-state index in [1.165, 1.54) is 31.0 Å². The van der Waals surface area contributed by atoms with Gasteiger partial charge in [0, 0.05) is 5.54 Å². The summed E-state index contributed by atoms with van der Waals surface area (Å²) in [6.07, 6.45) is 5.91. The normalized spacial score (nSPS) is 26.2. The van der Waals surface area contributed by atoms with E-state index in [1.807, 2.05) is 36.6 Å². The van der Waals surface area contributed by atoms with E-state index in [0.29, 0.717) is 37.9 Å². The minimum atomic E-state index is -1.04. The number of phenolic OH excluding ortho intramolecular Hbond substituents is 1. The van der Waals surface area contributed by atoms with Gasteiger partial charge in [-0.15, -0.1) is 12.4 Å². The lowest BCUT2D eigenvalue weighted by atomic mass is 9.41. The lowest BCUT2D eigenvalue weighted by molar-refractivity contribution is -0.188. The van der Waals surface area contributed by atoms with Crippen LogP contribution in [0.1, 0.15) is 49.7 Å². The van der Waals surface area contributed by atoms with Crippen LogP contribution in [0.15, 0.2) is 54.6 Å². The molecule has 4 fully saturated rings. The van der Waals surface area contributed by atoms with E-state index in [9.17, 15) is 29.1 Å². The molecule has 0 aliphatic heterocycles. The minimum Gasteiger partial charge on any atom is -0.508 e. The molecule has 0 aromatic heterocycles. The smallest absolute Gasteiger partial charge is 0.312 e. The Morgan fingerprint density at radius 1 is 0.902 bits per heavy atom. The standard InChI is InChI=1S/C37H49N5O7S.ClH/c1-49-35(48)36-17-24-14-25(18-36)20-37(39,19-24)32(36)31(45)29(16-22-6-4-3-5-7-22)41-30(44)21-40-34(47)28(12-13-50-2)42-33(46)27(38)15-23-8-10-26(43)11-9-23;/h3-11,24-25,27-29,32,43H,12-21,38-39H2,1-2H3,(H,40,47)(H,41,44)(H,42,46);1H/t24?,25?,27-,28+,29-,32?,36?,37?;/m0./s1. The summed E-state index contributed by atoms with van der Waals surface area (Å²) in [6.45, 7) is -0.437. The molecule has 278 valence electrons. The van der Waals surface area contributed by atoms with Crippen molar-refractivity contribution in [3.05, 3.63) is 65.7 Å². The second-order valence-corrected chi connectivity index (χ2v) is 15.3. The van der Waals surface area contributed by atoms with Crippen molar-refractivity contribution in [2.75, 3.05) is 25.7 Å². The van der Waals surface area contributed by atoms with E-state index in [4.69, 9.17) is 16.2 Å². The number of carbonyl (C=O) groups is 5. The van der Waals surface area contributed by atoms with Crippen molar-refractivity contribution in [1.82, 2.24) is 16.0 Å². The molecule has 0 heterocycles. The van der Waals surface area contributed by atoms with Crippen LogP contribution in [-0.4, -0.2) is 83.9 Å². The van der Waals surface area contributed by atoms with Gasteiger partial charge in [-0.25, -0.2) is 0 Å². The van der Waals surface area contributed by atoms with Gasteiger partial charge in [0.05, 0.1) is 37.1 Å². The average Bonchev–Trinajstić information content (AvgIpc) is 3.08. The Labute approximate surface area is 309 Å². The van der Waals surface area contributed by atoms with Crippen LogP contribution in [0, 0.1) is 23.2 Å². The predicted molar refractivity (Wildman–Crippen MR) is 197 cm³/mol. The van der Waals surface area contributed by atoms with Gasteiger partial charge in [-0.05, 0) is 98.5 Å². The first-order chi connectivity index (χ1) is 23.9. The molecule has 2 aromatic rings. The van der Waals surface area contributed by atoms with Crippen LogP contribution in [0.4, 0.5) is 0 Å². The third-order valence-corrected chi connectivity index (χ3v) is 11.3. The van der Waals surface area contributed by atoms with Crippen molar-refractivity contribution in [1.29, 1.82) is 0 Å². The lowest BCUT2D eigenvalue weighted by Crippen LogP contribution is -2.72. The fourth-order valence-electron chi connectivity index (χ4n) is 8.86. The average molecular weight is 744 g/mol. The zero-order chi connectivity index (χ0) is 36.1. The molecule has 3 amide bonds. The van der Waals surface area contributed by atoms with Crippen LogP contribution in [-0.2, 0) is 41.6 Å². The van der Waals surface area contributed by atoms with E-state index < -0.39 is 65.2 Å². The first-order valence-electron chi connectivity index (χ1n) is 17.2. The molecule has 0 saturated heterocycles. The molecule has 2 aromatic carbocycles. The predicted octanol–water partition coefficient (Wildman–Crippen LogP) is 2.03. The highest BCUT2D eigenvalue weighted by molar-refractivity contribution is 7.98. The van der Waals surface area contributed by atoms with E-state index in [0.717, 1.165) is 17.5 Å². The highest BCUT2D eigenvalue weighted by Gasteiger charge is 2.68. The number of halogens is 1. The van der Waals surface area contributed by atoms with Crippen LogP contribution in [0.2, 0.25) is 0 Å². The minimum absolute atomic E-state index is 0. The van der Waals surface area contributed by atoms with Gasteiger partial charge in [0.1, 0.15) is 11.8 Å². The van der Waals surface area contributed by atoms with Crippen molar-refractivity contribution in [3.8, 4) is 5.75 Å². The number of carbonyl (C=O) groups excluding carboxylic acids is 5. The molecule has 4 saturated carbocycles. The Hall–Kier alpha value is -3.65. The van der Waals surface area contributed by atoms with Gasteiger partial charge in [0.15, 0.2) is 5.78 Å². The summed E-state index contributed by atoms with van der Waals surface area (Å²) in [5.74, 6) is -2.06. The van der Waals surface area contributed by atoms with Crippen LogP contribution in [0.5, 0.6) is 5.75 Å². The van der Waals surface area contributed by atoms with E-state index >= 15 is 0 Å². The maximum absolute atomic E-state index is 14.6. The maximum atomic E-state index is 14.6. The second kappa shape index (κ2) is 17.2. The molecule has 4 aliphatic rings. The Balaban J connectivity index is 0.00000583. The Kier molecular flexibility index (Phi) is 13.6. The molecule has 51 heavy (non-hydrogen) atoms. The van der Waals surface area contributed by atoms with Crippen molar-refractivity contribution in [3.63, 3.8) is 0 Å². The van der Waals surface area contributed by atoms with Crippen molar-refractivity contribution in [2.45, 2.75) is 75.0 Å². The lowest BCUT2D eigenvalue weighted by Gasteiger charge is -2.63. The van der Waals surface area contributed by atoms with Crippen molar-refractivity contribution in [2.24, 2.45) is 34.6 Å². The molecule has 3 unspecified atom stereocenters. The molecule has 6 atom stereocenters. The Morgan fingerprint density at radius 2 is 1.53 bits per heavy atom. The highest BCUT2D eigenvalue weighted by atomic mass is 35.5. The number of benzene rings is 2. The number of methoxy groups -OCH3 is 1. The number of phenols is 1. The summed E-state index contributed by atoms with van der Waals surface area (Å²) in [6, 6.07) is 12.7. The molecular weight excluding hydrogens is 694 g/mol. The van der Waals surface area contributed by atoms with Gasteiger partial charge < -0.3 is 37.3 Å². The third-order valence-electron chi connectivity index (χ3n) is 10.7. The molecule has 6 rings (SSSR count). The summed E-state index contributed by atoms with van der Waals surface area (Å²) < 4.78 is 5.30. The largest absolute Gasteiger partial charge is 0.508 e. The maximum Gasteiger partial charge on any atom is 0.312 e. The number of ketones is 1. The summed E-state index contributed by atoms with van der Waals surface area (Å²) in [5.41, 5.74) is 12.8. The number of hydrogen-bond acceptors (Lipinski definition) is 10. The number of rotatable bonds is 16. The fraction of sp³-hybridized carbons (Fsp3) is 0.541. The van der Waals surface area contributed by atoms with Gasteiger partial charge in [-0.2, -0.15) is 11.8 Å². The van der Waals surface area contributed by atoms with Gasteiger partial charge >= 0.3 is 5.97 Å². The van der Waals surface area contributed by atoms with Crippen LogP contribution in [0.25, 0.3) is 0 Å². The zero-order valence-electron chi connectivity index (χ0n) is 29.1. The van der Waals surface area contributed by atoms with E-state index in [-0.39, 0.29) is 48.6 Å². The summed E-state index contributed by atoms with van der Waals surface area (Å²) in [5, 5.41) is 17.7. The molecule has 8 N–H and O–H groups in total. The number of Topliss-reactive ketones (excluding diaryl/α,β-unsaturated/α-hetero) is 1. The molecule has 12 nitrogen and oxygen atoms in total. The van der Waals surface area contributed by atoms with Crippen LogP contribution >= 0.6 is 24.2 Å². The van der Waals surface area contributed by atoms with Crippen molar-refractivity contribution >= 4 is 53.6 Å². The number of ether oxygens (including phenoxy) is 1. The fourth-order valence-corrected chi connectivity index (χ4v) is 9.33. The number of nitrogens with one attached hydrogen (secondary N) is 3. The van der Waals surface area contributed by atoms with Gasteiger partial charge in [0.25, 0.3) is 0 Å². The number of esters is 1. The SMILES string of the molecule is COC(=O)C12CC3CC(CC(N)(C3)C1C(=O)[C@H](Cc1ccccc1)NC(=O)CNC(=O)[C@@H](CCSC)NC(=O)[C@@H](N)Cc1ccc(O)cc1)C2.Cl. The van der Waals surface area contributed by atoms with Crippen LogP contribution in [0.3, 0.4) is 0 Å². The Morgan fingerprint density at radius 3 is 2.14 bits per heavy atom. The van der Waals surface area contributed by atoms with E-state index in [1.54, 1.807) is 12.1 Å². The number of aromatic hydroxyl groups is 1. The molecule has 0 radical (unpaired) electrons. The quantitative estimate of drug-likeness (QED) is 0.138. The molecular formula is C37H50ClN5O7S. The van der Waals surface area contributed by atoms with Gasteiger partial charge in [0.2, 0.25) is 17.7 Å². The monoisotopic (exact) mass is 743 g/mol. The summed E-state index contributed by atoms with van der Waals surface area (Å²) >= 11 is 1.50. The number of amides is 3. The highest BCUT2D eigenvalue weighted by Crippen LogP contribution is 2.64. The van der Waals surface area contributed by atoms with Crippen molar-refractivity contribution < 1.29 is 33.8 Å². The topological polar surface area (TPSA) is 203 Å². The van der Waals surface area contributed by atoms with Gasteiger partial charge in [-0.1, -0.05) is 42.5 Å². The number of nitrogens with two attached hydrogens (primary N) is 2. The molecule has 14 heteroatoms. The molecule has 4 aliphatic carbocycles. The third kappa shape index (κ3) is 9.24. The van der Waals surface area contributed by atoms with Crippen LogP contribution < -0.4 is 27.4 Å². The molecule has 0 spiro atoms. The Bertz CT molecular complexity index is 1550. The second-order valence-electron chi connectivity index (χ2n) is 14.3. The van der Waals surface area contributed by atoms with Gasteiger partial charge in [-0.3, -0.25) is 24.0 Å². The van der Waals surface area contributed by atoms with E-state index in [2.05, 4.69) is 16.0 Å². The summed E-state index contributed by atoms with van der Waals surface area (Å²) in [7, 11) is 1.34. The molecule has 4 bridgehead atoms. The number of hydrogen-bond donors (Lipinski definition) is 6. The summed E-state index contributed by atoms with van der Waals surface area (Å²) in [4.78, 5) is 67.8. The first kappa shape index (κ1) is 40.1.